The Morgan fingerprint density at radius 1 is 0.792 bits per heavy atom. The minimum absolute atomic E-state index is 0.255. The molecule has 1 aliphatic rings. The lowest BCUT2D eigenvalue weighted by Crippen LogP contribution is -2.61. The van der Waals surface area contributed by atoms with E-state index in [4.69, 9.17) is 23.7 Å². The van der Waals surface area contributed by atoms with Gasteiger partial charge in [0.15, 0.2) is 18.3 Å². The number of esters is 4. The lowest BCUT2D eigenvalue weighted by atomic mass is 9.99. The summed E-state index contributed by atoms with van der Waals surface area (Å²) in [5.41, 5.74) is -0.981. The van der Waals surface area contributed by atoms with E-state index >= 15 is 0 Å². The fourth-order valence-corrected chi connectivity index (χ4v) is 2.59. The van der Waals surface area contributed by atoms with Crippen LogP contribution < -0.4 is 0 Å². The Morgan fingerprint density at radius 2 is 1.25 bits per heavy atom. The van der Waals surface area contributed by atoms with E-state index in [1.807, 2.05) is 0 Å². The van der Waals surface area contributed by atoms with Gasteiger partial charge < -0.3 is 23.7 Å². The number of carbonyl (C=O) groups is 4. The monoisotopic (exact) mass is 364 g/mol. The van der Waals surface area contributed by atoms with Gasteiger partial charge in [0.05, 0.1) is 0 Å². The van der Waals surface area contributed by atoms with Gasteiger partial charge in [-0.25, -0.2) is 0 Å². The van der Waals surface area contributed by atoms with E-state index in [0.717, 1.165) is 20.8 Å². The summed E-state index contributed by atoms with van der Waals surface area (Å²) in [4.78, 5) is 45.1. The van der Waals surface area contributed by atoms with Gasteiger partial charge in [0, 0.05) is 27.7 Å². The number of rotatable bonds is 5. The predicted molar refractivity (Wildman–Crippen MR) is 80.9 cm³/mol. The molecule has 1 heterocycles. The minimum atomic E-state index is -1.16. The summed E-state index contributed by atoms with van der Waals surface area (Å²) in [5.74, 6) is -2.57. The van der Waals surface area contributed by atoms with Gasteiger partial charge in [-0.3, -0.25) is 19.2 Å². The molecule has 0 N–H and O–H groups in total. The van der Waals surface area contributed by atoms with Crippen LogP contribution in [0.4, 0.5) is 0 Å². The Hall–Kier alpha value is -1.81. The van der Waals surface area contributed by atoms with Crippen LogP contribution >= 0.6 is 12.6 Å². The Morgan fingerprint density at radius 3 is 1.71 bits per heavy atom. The molecule has 136 valence electrons. The van der Waals surface area contributed by atoms with Crippen molar-refractivity contribution in [3.8, 4) is 0 Å². The molecule has 10 heteroatoms. The minimum Gasteiger partial charge on any atom is -0.463 e. The highest BCUT2D eigenvalue weighted by Crippen LogP contribution is 2.30. The van der Waals surface area contributed by atoms with Crippen molar-refractivity contribution in [3.05, 3.63) is 0 Å². The summed E-state index contributed by atoms with van der Waals surface area (Å²) < 4.78 is 25.8. The number of ether oxygens (including phenoxy) is 5. The van der Waals surface area contributed by atoms with Crippen molar-refractivity contribution in [3.63, 3.8) is 0 Å². The first-order valence-corrected chi connectivity index (χ1v) is 7.62. The van der Waals surface area contributed by atoms with Crippen molar-refractivity contribution in [2.45, 2.75) is 57.5 Å². The van der Waals surface area contributed by atoms with Gasteiger partial charge in [-0.2, -0.15) is 0 Å². The molecule has 0 aromatic rings. The highest BCUT2D eigenvalue weighted by molar-refractivity contribution is 7.80. The molecule has 1 fully saturated rings. The molecule has 0 aromatic heterocycles. The van der Waals surface area contributed by atoms with Crippen LogP contribution in [0.15, 0.2) is 0 Å². The van der Waals surface area contributed by atoms with E-state index in [-0.39, 0.29) is 6.61 Å². The maximum atomic E-state index is 11.4. The second-order valence-corrected chi connectivity index (χ2v) is 5.60. The Kier molecular flexibility index (Phi) is 7.49. The summed E-state index contributed by atoms with van der Waals surface area (Å²) in [6.45, 7) is 4.42. The molecule has 5 atom stereocenters. The number of hydrogen-bond acceptors (Lipinski definition) is 10. The summed E-state index contributed by atoms with van der Waals surface area (Å²) in [7, 11) is 0. The van der Waals surface area contributed by atoms with E-state index < -0.39 is 53.7 Å². The molecule has 0 radical (unpaired) electrons. The van der Waals surface area contributed by atoms with Gasteiger partial charge in [0.1, 0.15) is 18.1 Å². The lowest BCUT2D eigenvalue weighted by molar-refractivity contribution is -0.237. The normalized spacial score (nSPS) is 29.3. The molecule has 1 aliphatic heterocycles. The first-order valence-electron chi connectivity index (χ1n) is 7.10. The van der Waals surface area contributed by atoms with Gasteiger partial charge in [-0.1, -0.05) is 0 Å². The average molecular weight is 364 g/mol. The van der Waals surface area contributed by atoms with Crippen LogP contribution in [0.25, 0.3) is 0 Å². The second-order valence-electron chi connectivity index (χ2n) is 5.09. The van der Waals surface area contributed by atoms with Gasteiger partial charge in [-0.15, -0.1) is 12.6 Å². The molecule has 24 heavy (non-hydrogen) atoms. The quantitative estimate of drug-likeness (QED) is 0.409. The van der Waals surface area contributed by atoms with Crippen LogP contribution in [0, 0.1) is 0 Å². The smallest absolute Gasteiger partial charge is 0.303 e. The molecular weight excluding hydrogens is 344 g/mol. The topological polar surface area (TPSA) is 114 Å². The van der Waals surface area contributed by atoms with Crippen LogP contribution in [0.3, 0.4) is 0 Å². The summed E-state index contributed by atoms with van der Waals surface area (Å²) >= 11 is 4.18. The second kappa shape index (κ2) is 8.88. The molecule has 0 spiro atoms. The molecule has 0 bridgehead atoms. The molecule has 0 amide bonds. The van der Waals surface area contributed by atoms with Gasteiger partial charge in [-0.05, 0) is 0 Å². The molecule has 0 aromatic carbocycles. The summed E-state index contributed by atoms with van der Waals surface area (Å²) in [5, 5.41) is 0. The highest BCUT2D eigenvalue weighted by Gasteiger charge is 2.51. The van der Waals surface area contributed by atoms with Crippen LogP contribution in [0.5, 0.6) is 0 Å². The molecule has 0 unspecified atom stereocenters. The van der Waals surface area contributed by atoms with Crippen molar-refractivity contribution in [1.29, 1.82) is 0 Å². The zero-order chi connectivity index (χ0) is 18.4. The Balaban J connectivity index is 3.11. The van der Waals surface area contributed by atoms with E-state index in [9.17, 15) is 19.2 Å². The first-order chi connectivity index (χ1) is 11.1. The molecule has 9 nitrogen and oxygen atoms in total. The fourth-order valence-electron chi connectivity index (χ4n) is 2.21. The van der Waals surface area contributed by atoms with E-state index in [0.29, 0.717) is 0 Å². The molecule has 1 saturated heterocycles. The average Bonchev–Trinajstić information content (AvgIpc) is 2.42. The molecular formula is C14H20O9S. The maximum absolute atomic E-state index is 11.4. The summed E-state index contributed by atoms with van der Waals surface area (Å²) in [6.07, 6.45) is -4.35. The summed E-state index contributed by atoms with van der Waals surface area (Å²) in [6, 6.07) is 0. The zero-order valence-electron chi connectivity index (χ0n) is 13.7. The Bertz CT molecular complexity index is 506. The number of thiol groups is 1. The van der Waals surface area contributed by atoms with Crippen molar-refractivity contribution in [2.24, 2.45) is 0 Å². The molecule has 0 saturated carbocycles. The Labute approximate surface area is 144 Å². The SMILES string of the molecule is CC(=O)OC[C@H]1O[C@@H](S)[C@H](OC(C)=O)[C@@H](OC(C)=O)[C@H]1OC(C)=O. The van der Waals surface area contributed by atoms with Crippen LogP contribution in [-0.2, 0) is 42.9 Å². The van der Waals surface area contributed by atoms with Crippen molar-refractivity contribution in [1.82, 2.24) is 0 Å². The predicted octanol–water partition coefficient (Wildman–Crippen LogP) is -0.000700. The van der Waals surface area contributed by atoms with Crippen molar-refractivity contribution < 1.29 is 42.9 Å². The number of carbonyl (C=O) groups excluding carboxylic acids is 4. The third-order valence-corrected chi connectivity index (χ3v) is 3.38. The first kappa shape index (κ1) is 20.2. The van der Waals surface area contributed by atoms with Crippen LogP contribution in [-0.4, -0.2) is 60.3 Å². The van der Waals surface area contributed by atoms with Gasteiger partial charge >= 0.3 is 23.9 Å². The fraction of sp³-hybridized carbons (Fsp3) is 0.714. The standard InChI is InChI=1S/C14H20O9S/c1-6(15)19-5-10-11(20-7(2)16)12(21-8(3)17)13(14(24)23-10)22-9(4)18/h10-14,24H,5H2,1-4H3/t10-,11+,12+,13-,14+/m1/s1. The van der Waals surface area contributed by atoms with Gasteiger partial charge in [0.2, 0.25) is 0 Å². The third kappa shape index (κ3) is 6.00. The molecule has 0 aliphatic carbocycles. The maximum Gasteiger partial charge on any atom is 0.303 e. The molecule has 1 rings (SSSR count). The van der Waals surface area contributed by atoms with E-state index in [1.165, 1.54) is 6.92 Å². The van der Waals surface area contributed by atoms with Crippen molar-refractivity contribution in [2.75, 3.05) is 6.61 Å². The van der Waals surface area contributed by atoms with Crippen LogP contribution in [0.2, 0.25) is 0 Å². The van der Waals surface area contributed by atoms with E-state index in [1.54, 1.807) is 0 Å². The van der Waals surface area contributed by atoms with Crippen molar-refractivity contribution >= 4 is 36.5 Å². The largest absolute Gasteiger partial charge is 0.463 e. The van der Waals surface area contributed by atoms with Gasteiger partial charge in [0.25, 0.3) is 0 Å². The van der Waals surface area contributed by atoms with E-state index in [2.05, 4.69) is 12.6 Å². The number of hydrogen-bond donors (Lipinski definition) is 1. The van der Waals surface area contributed by atoms with Crippen LogP contribution in [0.1, 0.15) is 27.7 Å². The zero-order valence-corrected chi connectivity index (χ0v) is 14.6. The lowest BCUT2D eigenvalue weighted by Gasteiger charge is -2.42. The third-order valence-electron chi connectivity index (χ3n) is 2.97. The highest BCUT2D eigenvalue weighted by atomic mass is 32.1.